The summed E-state index contributed by atoms with van der Waals surface area (Å²) in [4.78, 5) is 53.4. The van der Waals surface area contributed by atoms with Crippen molar-refractivity contribution in [1.29, 1.82) is 0 Å². The third-order valence-electron chi connectivity index (χ3n) is 9.87. The van der Waals surface area contributed by atoms with E-state index in [0.29, 0.717) is 22.3 Å². The molecule has 8 heteroatoms. The quantitative estimate of drug-likeness (QED) is 0.252. The summed E-state index contributed by atoms with van der Waals surface area (Å²) in [5.41, 5.74) is -3.79. The van der Waals surface area contributed by atoms with Crippen molar-refractivity contribution in [1.82, 2.24) is 0 Å². The first-order valence-electron chi connectivity index (χ1n) is 14.6. The van der Waals surface area contributed by atoms with Crippen molar-refractivity contribution in [3.63, 3.8) is 0 Å². The van der Waals surface area contributed by atoms with Crippen LogP contribution in [0.25, 0.3) is 11.1 Å². The summed E-state index contributed by atoms with van der Waals surface area (Å²) < 4.78 is 0. The van der Waals surface area contributed by atoms with Gasteiger partial charge >= 0.3 is 0 Å². The second-order valence-corrected chi connectivity index (χ2v) is 13.5. The molecule has 4 N–H and O–H groups in total. The second-order valence-electron chi connectivity index (χ2n) is 13.5. The first kappa shape index (κ1) is 30.4. The van der Waals surface area contributed by atoms with Gasteiger partial charge < -0.3 is 20.4 Å². The number of phenolic OH excluding ortho intramolecular Hbond substituents is 1. The number of aliphatic hydroxyl groups excluding tert-OH is 2. The lowest BCUT2D eigenvalue weighted by molar-refractivity contribution is -0.171. The number of carbonyl (C=O) groups is 4. The third kappa shape index (κ3) is 3.99. The number of Topliss-reactive ketones (excluding diaryl/α,β-unsaturated/α-hetero) is 4. The maximum absolute atomic E-state index is 14.3. The van der Waals surface area contributed by atoms with E-state index in [-0.39, 0.29) is 47.3 Å². The van der Waals surface area contributed by atoms with Gasteiger partial charge in [0.2, 0.25) is 5.78 Å². The van der Waals surface area contributed by atoms with E-state index in [1.807, 2.05) is 19.9 Å². The van der Waals surface area contributed by atoms with Gasteiger partial charge in [-0.2, -0.15) is 0 Å². The van der Waals surface area contributed by atoms with Gasteiger partial charge in [0, 0.05) is 33.8 Å². The van der Waals surface area contributed by atoms with Gasteiger partial charge in [-0.25, -0.2) is 0 Å². The standard InChI is InChI=1S/C35H38O8/c1-16(2)26-29(39)24(18(5)36)31(41)35(43)32(42)27-30(40)25-22(14-33(27,6)15-34(26,35)7)21(11-12-23(25)37)19-9-8-10-20(13-19)28(38)17(3)4/h8-13,16-17,26,37,39,42-43H,14-15H2,1-7H3/t26?,33-,34-,35+/m1/s1. The molecule has 0 saturated carbocycles. The van der Waals surface area contributed by atoms with E-state index in [2.05, 4.69) is 0 Å². The van der Waals surface area contributed by atoms with Gasteiger partial charge in [0.1, 0.15) is 22.8 Å². The van der Waals surface area contributed by atoms with Crippen molar-refractivity contribution in [3.05, 3.63) is 75.8 Å². The number of aromatic hydroxyl groups is 1. The minimum Gasteiger partial charge on any atom is -0.511 e. The van der Waals surface area contributed by atoms with Gasteiger partial charge in [0.15, 0.2) is 23.0 Å². The fraction of sp³-hybridized carbons (Fsp3) is 0.429. The number of hydrogen-bond donors (Lipinski definition) is 4. The van der Waals surface area contributed by atoms with Crippen LogP contribution in [0, 0.1) is 28.6 Å². The summed E-state index contributed by atoms with van der Waals surface area (Å²) in [5.74, 6) is -5.74. The van der Waals surface area contributed by atoms with Gasteiger partial charge in [0.25, 0.3) is 0 Å². The second kappa shape index (κ2) is 9.74. The number of rotatable bonds is 5. The summed E-state index contributed by atoms with van der Waals surface area (Å²) in [6.45, 7) is 11.7. The molecule has 0 heterocycles. The molecule has 0 radical (unpaired) electrons. The molecule has 4 atom stereocenters. The topological polar surface area (TPSA) is 149 Å². The lowest BCUT2D eigenvalue weighted by atomic mass is 9.44. The highest BCUT2D eigenvalue weighted by Gasteiger charge is 2.71. The predicted molar refractivity (Wildman–Crippen MR) is 160 cm³/mol. The Morgan fingerprint density at radius 1 is 0.977 bits per heavy atom. The zero-order valence-electron chi connectivity index (χ0n) is 25.5. The molecule has 0 saturated heterocycles. The van der Waals surface area contributed by atoms with Crippen molar-refractivity contribution < 1.29 is 39.6 Å². The molecule has 43 heavy (non-hydrogen) atoms. The number of carbonyl (C=O) groups excluding carboxylic acids is 4. The normalized spacial score (nSPS) is 28.7. The highest BCUT2D eigenvalue weighted by molar-refractivity contribution is 6.25. The zero-order valence-corrected chi connectivity index (χ0v) is 25.5. The Hall–Kier alpha value is -4.04. The zero-order chi connectivity index (χ0) is 32.0. The van der Waals surface area contributed by atoms with Crippen molar-refractivity contribution >= 4 is 23.1 Å². The maximum Gasteiger partial charge on any atom is 0.209 e. The summed E-state index contributed by atoms with van der Waals surface area (Å²) in [6, 6.07) is 10.1. The first-order chi connectivity index (χ1) is 19.9. The van der Waals surface area contributed by atoms with Crippen molar-refractivity contribution in [2.75, 3.05) is 0 Å². The molecule has 0 amide bonds. The van der Waals surface area contributed by atoms with E-state index >= 15 is 0 Å². The molecule has 2 aromatic carbocycles. The Labute approximate surface area is 250 Å². The molecule has 8 nitrogen and oxygen atoms in total. The van der Waals surface area contributed by atoms with Crippen LogP contribution in [0.1, 0.15) is 81.2 Å². The molecular formula is C35H38O8. The first-order valence-corrected chi connectivity index (χ1v) is 14.6. The van der Waals surface area contributed by atoms with Crippen molar-refractivity contribution in [2.24, 2.45) is 28.6 Å². The summed E-state index contributed by atoms with van der Waals surface area (Å²) in [5, 5.41) is 46.2. The average molecular weight is 587 g/mol. The highest BCUT2D eigenvalue weighted by Crippen LogP contribution is 2.65. The van der Waals surface area contributed by atoms with Gasteiger partial charge in [-0.3, -0.25) is 19.2 Å². The number of phenols is 1. The molecule has 3 aliphatic carbocycles. The number of hydrogen-bond acceptors (Lipinski definition) is 8. The van der Waals surface area contributed by atoms with E-state index in [1.165, 1.54) is 6.07 Å². The molecule has 226 valence electrons. The number of ketones is 4. The van der Waals surface area contributed by atoms with Gasteiger partial charge in [-0.05, 0) is 54.5 Å². The Morgan fingerprint density at radius 2 is 1.63 bits per heavy atom. The minimum atomic E-state index is -2.66. The summed E-state index contributed by atoms with van der Waals surface area (Å²) in [6.07, 6.45) is 0.153. The van der Waals surface area contributed by atoms with Crippen LogP contribution in [0.2, 0.25) is 0 Å². The lowest BCUT2D eigenvalue weighted by Crippen LogP contribution is -2.67. The van der Waals surface area contributed by atoms with E-state index in [4.69, 9.17) is 0 Å². The third-order valence-corrected chi connectivity index (χ3v) is 9.87. The van der Waals surface area contributed by atoms with E-state index in [9.17, 15) is 39.6 Å². The van der Waals surface area contributed by atoms with Gasteiger partial charge in [-0.1, -0.05) is 65.8 Å². The van der Waals surface area contributed by atoms with Crippen LogP contribution in [-0.2, 0) is 16.0 Å². The largest absolute Gasteiger partial charge is 0.511 e. The van der Waals surface area contributed by atoms with Crippen LogP contribution in [0.3, 0.4) is 0 Å². The Balaban J connectivity index is 1.78. The van der Waals surface area contributed by atoms with Crippen molar-refractivity contribution in [2.45, 2.75) is 66.9 Å². The monoisotopic (exact) mass is 586 g/mol. The molecule has 3 aliphatic rings. The molecule has 0 bridgehead atoms. The van der Waals surface area contributed by atoms with Gasteiger partial charge in [0.05, 0.1) is 5.56 Å². The summed E-state index contributed by atoms with van der Waals surface area (Å²) >= 11 is 0. The number of allylic oxidation sites excluding steroid dienone is 2. The molecule has 0 fully saturated rings. The smallest absolute Gasteiger partial charge is 0.209 e. The Bertz CT molecular complexity index is 1690. The number of aliphatic hydroxyl groups is 3. The van der Waals surface area contributed by atoms with Crippen LogP contribution in [0.5, 0.6) is 5.75 Å². The molecule has 5 rings (SSSR count). The Kier molecular flexibility index (Phi) is 6.89. The molecule has 0 aromatic heterocycles. The fourth-order valence-electron chi connectivity index (χ4n) is 8.18. The highest BCUT2D eigenvalue weighted by atomic mass is 16.3. The fourth-order valence-corrected chi connectivity index (χ4v) is 8.18. The van der Waals surface area contributed by atoms with Crippen molar-refractivity contribution in [3.8, 4) is 16.9 Å². The molecule has 2 aromatic rings. The van der Waals surface area contributed by atoms with Crippen LogP contribution in [-0.4, -0.2) is 49.2 Å². The molecule has 0 aliphatic heterocycles. The van der Waals surface area contributed by atoms with Gasteiger partial charge in [-0.15, -0.1) is 0 Å². The molecule has 0 spiro atoms. The predicted octanol–water partition coefficient (Wildman–Crippen LogP) is 5.85. The average Bonchev–Trinajstić information content (AvgIpc) is 2.90. The number of fused-ring (bicyclic) bond motifs is 3. The lowest BCUT2D eigenvalue weighted by Gasteiger charge is -2.59. The van der Waals surface area contributed by atoms with Crippen LogP contribution >= 0.6 is 0 Å². The SMILES string of the molecule is CC(=O)C1=C(O)C(C(C)C)[C@@]2(C)C[C@@]3(C)Cc4c(-c5cccc(C(=O)C(C)C)c5)ccc(O)c4C(=O)C3=C(O)[C@@]2(O)C1=O. The van der Waals surface area contributed by atoms with E-state index in [1.54, 1.807) is 52.0 Å². The van der Waals surface area contributed by atoms with Crippen LogP contribution < -0.4 is 0 Å². The summed E-state index contributed by atoms with van der Waals surface area (Å²) in [7, 11) is 0. The molecule has 1 unspecified atom stereocenters. The number of benzene rings is 2. The van der Waals surface area contributed by atoms with E-state index in [0.717, 1.165) is 6.92 Å². The maximum atomic E-state index is 14.3. The van der Waals surface area contributed by atoms with E-state index < -0.39 is 56.8 Å². The minimum absolute atomic E-state index is 0.00583. The Morgan fingerprint density at radius 3 is 2.21 bits per heavy atom. The van der Waals surface area contributed by atoms with Crippen LogP contribution in [0.15, 0.2) is 59.1 Å². The van der Waals surface area contributed by atoms with Crippen LogP contribution in [0.4, 0.5) is 0 Å². The molecular weight excluding hydrogens is 548 g/mol.